The first-order valence-electron chi connectivity index (χ1n) is 23.9. The molecule has 0 fully saturated rings. The van der Waals surface area contributed by atoms with Gasteiger partial charge in [-0.15, -0.1) is 0 Å². The first kappa shape index (κ1) is 58.1. The van der Waals surface area contributed by atoms with Crippen LogP contribution in [0.3, 0.4) is 0 Å². The maximum absolute atomic E-state index is 13.3. The summed E-state index contributed by atoms with van der Waals surface area (Å²) in [4.78, 5) is 56.9. The van der Waals surface area contributed by atoms with Crippen molar-refractivity contribution < 1.29 is 28.8 Å². The largest absolute Gasteiger partial charge is 0.466 e. The van der Waals surface area contributed by atoms with Gasteiger partial charge in [0.25, 0.3) is 0 Å². The molecule has 57 heavy (non-hydrogen) atoms. The molecule has 2 amide bonds. The van der Waals surface area contributed by atoms with Crippen molar-refractivity contribution in [2.45, 2.75) is 219 Å². The highest BCUT2D eigenvalue weighted by atomic mass is 31.2. The summed E-state index contributed by atoms with van der Waals surface area (Å²) in [6, 6.07) is 0. The number of unbranched alkanes of at least 4 members (excludes halogenated alkanes) is 25. The van der Waals surface area contributed by atoms with Gasteiger partial charge in [-0.25, -0.2) is 4.57 Å². The third kappa shape index (κ3) is 49.2. The van der Waals surface area contributed by atoms with E-state index < -0.39 is 7.82 Å². The van der Waals surface area contributed by atoms with Gasteiger partial charge in [-0.1, -0.05) is 168 Å². The third-order valence-electron chi connectivity index (χ3n) is 10.9. The van der Waals surface area contributed by atoms with Gasteiger partial charge < -0.3 is 34.3 Å². The van der Waals surface area contributed by atoms with Gasteiger partial charge in [-0.05, 0) is 79.8 Å². The molecule has 0 saturated carbocycles. The van der Waals surface area contributed by atoms with Crippen molar-refractivity contribution in [2.75, 3.05) is 67.5 Å². The molecule has 0 aliphatic carbocycles. The van der Waals surface area contributed by atoms with E-state index in [-0.39, 0.29) is 0 Å². The fourth-order valence-electron chi connectivity index (χ4n) is 7.39. The maximum Gasteiger partial charge on any atom is 0.466 e. The lowest BCUT2D eigenvalue weighted by atomic mass is 10.0. The second-order valence-electron chi connectivity index (χ2n) is 17.3. The van der Waals surface area contributed by atoms with E-state index in [0.29, 0.717) is 24.7 Å². The molecule has 342 valence electrons. The van der Waals surface area contributed by atoms with E-state index in [9.17, 15) is 9.59 Å². The van der Waals surface area contributed by atoms with Crippen molar-refractivity contribution in [1.29, 1.82) is 0 Å². The van der Waals surface area contributed by atoms with Crippen LogP contribution in [-0.4, -0.2) is 114 Å². The van der Waals surface area contributed by atoms with Gasteiger partial charge in [0, 0.05) is 39.0 Å². The van der Waals surface area contributed by atoms with E-state index in [1.807, 2.05) is 0 Å². The number of hydrogen-bond acceptors (Lipinski definition) is 5. The summed E-state index contributed by atoms with van der Waals surface area (Å²) >= 11 is 0. The Bertz CT molecular complexity index is 849. The predicted molar refractivity (Wildman–Crippen MR) is 244 cm³/mol. The molecule has 0 rings (SSSR count). The molecule has 0 aromatic heterocycles. The zero-order valence-electron chi connectivity index (χ0n) is 38.7. The summed E-state index contributed by atoms with van der Waals surface area (Å²) in [5.74, 6) is 0.673. The van der Waals surface area contributed by atoms with E-state index in [1.165, 1.54) is 154 Å². The van der Waals surface area contributed by atoms with Gasteiger partial charge in [0.15, 0.2) is 0 Å². The van der Waals surface area contributed by atoms with Crippen molar-refractivity contribution in [3.8, 4) is 0 Å². The van der Waals surface area contributed by atoms with E-state index in [2.05, 4.69) is 61.6 Å². The molecule has 0 heterocycles. The SMILES string of the molecule is CCCCCCCCCCCCCCCC(=O)N(CCCCN(CCCN(C)C)C(=O)CCCCCCCCCCCCCCC)CCCN(C)C.O=P(O)(O)O. The summed E-state index contributed by atoms with van der Waals surface area (Å²) in [5, 5.41) is 0. The normalized spacial score (nSPS) is 11.6. The third-order valence-corrected chi connectivity index (χ3v) is 10.9. The van der Waals surface area contributed by atoms with E-state index >= 15 is 0 Å². The Kier molecular flexibility index (Phi) is 43.9. The summed E-state index contributed by atoms with van der Waals surface area (Å²) in [6.07, 6.45) is 40.0. The molecule has 0 aromatic carbocycles. The molecule has 0 bridgehead atoms. The molecule has 10 nitrogen and oxygen atoms in total. The molecule has 0 saturated heterocycles. The van der Waals surface area contributed by atoms with Gasteiger partial charge in [0.05, 0.1) is 0 Å². The highest BCUT2D eigenvalue weighted by molar-refractivity contribution is 7.45. The molecule has 0 aliphatic rings. The van der Waals surface area contributed by atoms with Crippen molar-refractivity contribution in [3.05, 3.63) is 0 Å². The average molecular weight is 833 g/mol. The zero-order chi connectivity index (χ0) is 42.8. The quantitative estimate of drug-likeness (QED) is 0.0411. The van der Waals surface area contributed by atoms with Crippen LogP contribution in [0.2, 0.25) is 0 Å². The highest BCUT2D eigenvalue weighted by Crippen LogP contribution is 2.26. The molecule has 0 atom stereocenters. The minimum Gasteiger partial charge on any atom is -0.343 e. The summed E-state index contributed by atoms with van der Waals surface area (Å²) in [6.45, 7) is 9.93. The lowest BCUT2D eigenvalue weighted by molar-refractivity contribution is -0.133. The number of rotatable bonds is 41. The minimum atomic E-state index is -4.64. The average Bonchev–Trinajstić information content (AvgIpc) is 3.14. The molecule has 0 unspecified atom stereocenters. The second kappa shape index (κ2) is 43.1. The lowest BCUT2D eigenvalue weighted by Crippen LogP contribution is -2.36. The van der Waals surface area contributed by atoms with Crippen molar-refractivity contribution in [1.82, 2.24) is 19.6 Å². The predicted octanol–water partition coefficient (Wildman–Crippen LogP) is 11.4. The Morgan fingerprint density at radius 3 is 0.789 bits per heavy atom. The van der Waals surface area contributed by atoms with Crippen LogP contribution >= 0.6 is 7.82 Å². The van der Waals surface area contributed by atoms with Crippen LogP contribution in [-0.2, 0) is 14.2 Å². The van der Waals surface area contributed by atoms with E-state index in [0.717, 1.165) is 77.8 Å². The van der Waals surface area contributed by atoms with E-state index in [4.69, 9.17) is 19.2 Å². The summed E-state index contributed by atoms with van der Waals surface area (Å²) in [7, 11) is 3.80. The van der Waals surface area contributed by atoms with Crippen molar-refractivity contribution in [3.63, 3.8) is 0 Å². The standard InChI is InChI=1S/C46H94N4O2.H3O4P/c1-7-9-11-13-15-17-19-21-23-25-27-29-31-37-45(51)49(43-35-39-47(3)4)41-33-34-42-50(44-36-40-48(5)6)46(52)38-32-30-28-26-24-22-20-18-16-14-12-10-8-2;1-5(2,3)4/h7-44H2,1-6H3;(H3,1,2,3,4). The van der Waals surface area contributed by atoms with Crippen molar-refractivity contribution in [2.24, 2.45) is 0 Å². The van der Waals surface area contributed by atoms with Gasteiger partial charge in [-0.2, -0.15) is 0 Å². The zero-order valence-corrected chi connectivity index (χ0v) is 39.6. The van der Waals surface area contributed by atoms with Crippen molar-refractivity contribution >= 4 is 19.6 Å². The van der Waals surface area contributed by atoms with Gasteiger partial charge in [0.2, 0.25) is 11.8 Å². The van der Waals surface area contributed by atoms with Crippen LogP contribution in [0.1, 0.15) is 219 Å². The number of phosphoric acid groups is 1. The number of hydrogen-bond donors (Lipinski definition) is 3. The van der Waals surface area contributed by atoms with Gasteiger partial charge in [-0.3, -0.25) is 9.59 Å². The molecule has 11 heteroatoms. The Labute approximate surface area is 353 Å². The van der Waals surface area contributed by atoms with E-state index in [1.54, 1.807) is 0 Å². The fourth-order valence-corrected chi connectivity index (χ4v) is 7.39. The Morgan fingerprint density at radius 2 is 0.561 bits per heavy atom. The topological polar surface area (TPSA) is 125 Å². The minimum absolute atomic E-state index is 0.336. The van der Waals surface area contributed by atoms with Crippen LogP contribution in [0.5, 0.6) is 0 Å². The van der Waals surface area contributed by atoms with Crippen LogP contribution in [0.4, 0.5) is 0 Å². The Balaban J connectivity index is 0. The van der Waals surface area contributed by atoms with Crippen LogP contribution in [0, 0.1) is 0 Å². The Hall–Kier alpha value is -1.03. The smallest absolute Gasteiger partial charge is 0.343 e. The van der Waals surface area contributed by atoms with Gasteiger partial charge in [0.1, 0.15) is 0 Å². The Morgan fingerprint density at radius 1 is 0.351 bits per heavy atom. The summed E-state index contributed by atoms with van der Waals surface area (Å²) in [5.41, 5.74) is 0. The molecular weight excluding hydrogens is 736 g/mol. The molecule has 3 N–H and O–H groups in total. The molecule has 0 radical (unpaired) electrons. The number of carbonyl (C=O) groups excluding carboxylic acids is 2. The van der Waals surface area contributed by atoms with Gasteiger partial charge >= 0.3 is 7.82 Å². The highest BCUT2D eigenvalue weighted by Gasteiger charge is 2.16. The number of amides is 2. The molecule has 0 aromatic rings. The molecule has 0 spiro atoms. The second-order valence-corrected chi connectivity index (χ2v) is 18.3. The maximum atomic E-state index is 13.3. The molecule has 0 aliphatic heterocycles. The first-order valence-corrected chi connectivity index (χ1v) is 25.5. The monoisotopic (exact) mass is 833 g/mol. The number of carbonyl (C=O) groups is 2. The molecular formula is C46H97N4O6P. The lowest BCUT2D eigenvalue weighted by Gasteiger charge is -2.26. The first-order chi connectivity index (χ1) is 27.3. The van der Waals surface area contributed by atoms with Crippen LogP contribution in [0.25, 0.3) is 0 Å². The van der Waals surface area contributed by atoms with Crippen LogP contribution in [0.15, 0.2) is 0 Å². The summed E-state index contributed by atoms with van der Waals surface area (Å²) < 4.78 is 8.88. The fraction of sp³-hybridized carbons (Fsp3) is 0.957. The van der Waals surface area contributed by atoms with Crippen LogP contribution < -0.4 is 0 Å². The number of nitrogens with zero attached hydrogens (tertiary/aromatic N) is 4.